The standard InChI is InChI=1S/C27H31N3O3/c1-27(2,29-25(31)16-20-7-4-3-5-8-20)26(32)30-13-14-33-19-21(18-30)15-23-10-6-9-22-11-12-28-17-24(22)23/h3-12,17,21H,13-16,18-19H2,1-2H3,(H,29,31)/t21-/m1/s1. The number of rotatable bonds is 6. The van der Waals surface area contributed by atoms with Gasteiger partial charge in [0.05, 0.1) is 19.6 Å². The second-order valence-electron chi connectivity index (χ2n) is 9.25. The summed E-state index contributed by atoms with van der Waals surface area (Å²) in [6.45, 7) is 5.75. The minimum atomic E-state index is -0.996. The number of aromatic nitrogens is 1. The number of carbonyl (C=O) groups is 2. The Labute approximate surface area is 195 Å². The molecule has 0 radical (unpaired) electrons. The Morgan fingerprint density at radius 1 is 1.12 bits per heavy atom. The molecule has 0 spiro atoms. The van der Waals surface area contributed by atoms with E-state index in [1.165, 1.54) is 5.56 Å². The summed E-state index contributed by atoms with van der Waals surface area (Å²) in [5, 5.41) is 5.23. The van der Waals surface area contributed by atoms with Gasteiger partial charge < -0.3 is 15.0 Å². The van der Waals surface area contributed by atoms with Crippen molar-refractivity contribution in [3.8, 4) is 0 Å². The number of benzene rings is 2. The summed E-state index contributed by atoms with van der Waals surface area (Å²) in [6, 6.07) is 17.8. The monoisotopic (exact) mass is 445 g/mol. The van der Waals surface area contributed by atoms with Crippen LogP contribution in [0.2, 0.25) is 0 Å². The van der Waals surface area contributed by atoms with Gasteiger partial charge >= 0.3 is 0 Å². The summed E-state index contributed by atoms with van der Waals surface area (Å²) in [5.41, 5.74) is 1.13. The van der Waals surface area contributed by atoms with Crippen molar-refractivity contribution >= 4 is 22.6 Å². The average Bonchev–Trinajstić information content (AvgIpc) is 3.04. The van der Waals surface area contributed by atoms with E-state index in [0.717, 1.165) is 22.8 Å². The van der Waals surface area contributed by atoms with E-state index in [-0.39, 0.29) is 24.2 Å². The Bertz CT molecular complexity index is 1110. The van der Waals surface area contributed by atoms with E-state index in [9.17, 15) is 9.59 Å². The third kappa shape index (κ3) is 5.76. The number of nitrogens with zero attached hydrogens (tertiary/aromatic N) is 2. The first-order valence-corrected chi connectivity index (χ1v) is 11.5. The molecule has 2 amide bonds. The van der Waals surface area contributed by atoms with Gasteiger partial charge in [0.2, 0.25) is 11.8 Å². The molecule has 1 saturated heterocycles. The Kier molecular flexibility index (Phi) is 7.04. The molecule has 2 heterocycles. The molecule has 6 heteroatoms. The van der Waals surface area contributed by atoms with E-state index < -0.39 is 5.54 Å². The average molecular weight is 446 g/mol. The van der Waals surface area contributed by atoms with Gasteiger partial charge in [0.25, 0.3) is 0 Å². The largest absolute Gasteiger partial charge is 0.379 e. The van der Waals surface area contributed by atoms with Crippen molar-refractivity contribution in [2.75, 3.05) is 26.3 Å². The molecule has 4 rings (SSSR count). The number of amides is 2. The van der Waals surface area contributed by atoms with Crippen molar-refractivity contribution in [3.63, 3.8) is 0 Å². The lowest BCUT2D eigenvalue weighted by Gasteiger charge is -2.33. The number of nitrogens with one attached hydrogen (secondary N) is 1. The fourth-order valence-corrected chi connectivity index (χ4v) is 4.48. The molecule has 0 bridgehead atoms. The lowest BCUT2D eigenvalue weighted by atomic mass is 9.95. The van der Waals surface area contributed by atoms with E-state index in [0.29, 0.717) is 26.3 Å². The number of ether oxygens (including phenoxy) is 1. The first-order chi connectivity index (χ1) is 15.9. The van der Waals surface area contributed by atoms with Gasteiger partial charge in [-0.2, -0.15) is 0 Å². The molecule has 1 fully saturated rings. The molecule has 1 atom stereocenters. The highest BCUT2D eigenvalue weighted by Gasteiger charge is 2.35. The van der Waals surface area contributed by atoms with Crippen LogP contribution in [0.5, 0.6) is 0 Å². The minimum Gasteiger partial charge on any atom is -0.379 e. The lowest BCUT2D eigenvalue weighted by molar-refractivity contribution is -0.140. The Hall–Kier alpha value is -3.25. The number of pyridine rings is 1. The fourth-order valence-electron chi connectivity index (χ4n) is 4.48. The maximum Gasteiger partial charge on any atom is 0.247 e. The van der Waals surface area contributed by atoms with Crippen molar-refractivity contribution < 1.29 is 14.3 Å². The summed E-state index contributed by atoms with van der Waals surface area (Å²) in [6.07, 6.45) is 4.75. The van der Waals surface area contributed by atoms with Gasteiger partial charge in [0.15, 0.2) is 0 Å². The van der Waals surface area contributed by atoms with Crippen LogP contribution in [0.15, 0.2) is 67.0 Å². The zero-order chi connectivity index (χ0) is 23.3. The van der Waals surface area contributed by atoms with Crippen LogP contribution in [-0.2, 0) is 27.2 Å². The van der Waals surface area contributed by atoms with E-state index in [2.05, 4.69) is 28.5 Å². The van der Waals surface area contributed by atoms with E-state index in [4.69, 9.17) is 4.74 Å². The van der Waals surface area contributed by atoms with Crippen LogP contribution >= 0.6 is 0 Å². The van der Waals surface area contributed by atoms with Crippen molar-refractivity contribution in [1.29, 1.82) is 0 Å². The first kappa shape index (κ1) is 22.9. The third-order valence-corrected chi connectivity index (χ3v) is 6.10. The Balaban J connectivity index is 1.42. The summed E-state index contributed by atoms with van der Waals surface area (Å²) < 4.78 is 5.85. The van der Waals surface area contributed by atoms with Gasteiger partial charge in [-0.05, 0) is 42.8 Å². The molecule has 3 aromatic rings. The van der Waals surface area contributed by atoms with Crippen LogP contribution in [0.4, 0.5) is 0 Å². The molecule has 172 valence electrons. The fraction of sp³-hybridized carbons (Fsp3) is 0.370. The molecule has 2 aromatic carbocycles. The highest BCUT2D eigenvalue weighted by Crippen LogP contribution is 2.23. The quantitative estimate of drug-likeness (QED) is 0.631. The van der Waals surface area contributed by atoms with Crippen LogP contribution in [0.3, 0.4) is 0 Å². The summed E-state index contributed by atoms with van der Waals surface area (Å²) in [4.78, 5) is 32.1. The molecular formula is C27H31N3O3. The molecule has 1 N–H and O–H groups in total. The SMILES string of the molecule is CC(C)(NC(=O)Cc1ccccc1)C(=O)N1CCOC[C@H](Cc2cccc3ccncc23)C1. The van der Waals surface area contributed by atoms with E-state index >= 15 is 0 Å². The summed E-state index contributed by atoms with van der Waals surface area (Å²) in [5.74, 6) is -0.0810. The molecule has 0 saturated carbocycles. The van der Waals surface area contributed by atoms with Gasteiger partial charge in [-0.25, -0.2) is 0 Å². The number of fused-ring (bicyclic) bond motifs is 1. The van der Waals surface area contributed by atoms with Gasteiger partial charge in [0.1, 0.15) is 5.54 Å². The third-order valence-electron chi connectivity index (χ3n) is 6.10. The number of carbonyl (C=O) groups excluding carboxylic acids is 2. The zero-order valence-corrected chi connectivity index (χ0v) is 19.3. The van der Waals surface area contributed by atoms with Gasteiger partial charge in [0, 0.05) is 36.8 Å². The van der Waals surface area contributed by atoms with Crippen LogP contribution in [0, 0.1) is 5.92 Å². The van der Waals surface area contributed by atoms with Crippen LogP contribution in [0.1, 0.15) is 25.0 Å². The molecule has 1 aliphatic rings. The highest BCUT2D eigenvalue weighted by molar-refractivity contribution is 5.91. The van der Waals surface area contributed by atoms with Crippen molar-refractivity contribution in [3.05, 3.63) is 78.1 Å². The normalized spacial score (nSPS) is 16.9. The highest BCUT2D eigenvalue weighted by atomic mass is 16.5. The predicted octanol–water partition coefficient (Wildman–Crippen LogP) is 3.39. The predicted molar refractivity (Wildman–Crippen MR) is 129 cm³/mol. The summed E-state index contributed by atoms with van der Waals surface area (Å²) in [7, 11) is 0. The van der Waals surface area contributed by atoms with Gasteiger partial charge in [-0.15, -0.1) is 0 Å². The van der Waals surface area contributed by atoms with Gasteiger partial charge in [-0.1, -0.05) is 48.5 Å². The second-order valence-corrected chi connectivity index (χ2v) is 9.25. The lowest BCUT2D eigenvalue weighted by Crippen LogP contribution is -2.57. The second kappa shape index (κ2) is 10.1. The number of hydrogen-bond donors (Lipinski definition) is 1. The minimum absolute atomic E-state index is 0.0843. The van der Waals surface area contributed by atoms with Crippen molar-refractivity contribution in [2.45, 2.75) is 32.2 Å². The van der Waals surface area contributed by atoms with E-state index in [1.54, 1.807) is 20.0 Å². The van der Waals surface area contributed by atoms with Gasteiger partial charge in [-0.3, -0.25) is 14.6 Å². The molecular weight excluding hydrogens is 414 g/mol. The first-order valence-electron chi connectivity index (χ1n) is 11.5. The Morgan fingerprint density at radius 3 is 2.76 bits per heavy atom. The molecule has 0 unspecified atom stereocenters. The maximum absolute atomic E-state index is 13.4. The van der Waals surface area contributed by atoms with E-state index in [1.807, 2.05) is 47.5 Å². The number of hydrogen-bond acceptors (Lipinski definition) is 4. The van der Waals surface area contributed by atoms with Crippen LogP contribution in [0.25, 0.3) is 10.8 Å². The summed E-state index contributed by atoms with van der Waals surface area (Å²) >= 11 is 0. The van der Waals surface area contributed by atoms with Crippen molar-refractivity contribution in [1.82, 2.24) is 15.2 Å². The molecule has 33 heavy (non-hydrogen) atoms. The van der Waals surface area contributed by atoms with Crippen LogP contribution in [-0.4, -0.2) is 53.5 Å². The molecule has 6 nitrogen and oxygen atoms in total. The molecule has 1 aliphatic heterocycles. The van der Waals surface area contributed by atoms with Crippen LogP contribution < -0.4 is 5.32 Å². The zero-order valence-electron chi connectivity index (χ0n) is 19.3. The maximum atomic E-state index is 13.4. The topological polar surface area (TPSA) is 71.5 Å². The molecule has 0 aliphatic carbocycles. The molecule has 1 aromatic heterocycles. The smallest absolute Gasteiger partial charge is 0.247 e. The van der Waals surface area contributed by atoms with Crippen molar-refractivity contribution in [2.24, 2.45) is 5.92 Å². The Morgan fingerprint density at radius 2 is 1.94 bits per heavy atom.